The first kappa shape index (κ1) is 18.5. The lowest BCUT2D eigenvalue weighted by atomic mass is 10.1. The fourth-order valence-electron chi connectivity index (χ4n) is 2.31. The zero-order valence-electron chi connectivity index (χ0n) is 14.1. The average molecular weight is 428 g/mol. The Bertz CT molecular complexity index is 1030. The number of aromatic amines is 1. The van der Waals surface area contributed by atoms with Crippen LogP contribution in [0.3, 0.4) is 0 Å². The van der Waals surface area contributed by atoms with Crippen LogP contribution >= 0.6 is 15.9 Å². The first-order valence-electron chi connectivity index (χ1n) is 7.85. The highest BCUT2D eigenvalue weighted by Gasteiger charge is 2.12. The molecule has 0 aliphatic heterocycles. The quantitative estimate of drug-likeness (QED) is 0.365. The first-order valence-corrected chi connectivity index (χ1v) is 8.64. The average Bonchev–Trinajstić information content (AvgIpc) is 3.16. The number of nitrogens with zero attached hydrogens (tertiary/aromatic N) is 3. The maximum absolute atomic E-state index is 12.2. The monoisotopic (exact) mass is 427 g/mol. The summed E-state index contributed by atoms with van der Waals surface area (Å²) in [6, 6.07) is 15.2. The smallest absolute Gasteiger partial charge is 0.272 e. The molecule has 0 bridgehead atoms. The topological polar surface area (TPSA) is 113 Å². The minimum atomic E-state index is -0.483. The van der Waals surface area contributed by atoms with Crippen molar-refractivity contribution in [3.8, 4) is 11.3 Å². The second kappa shape index (κ2) is 7.92. The van der Waals surface area contributed by atoms with Crippen LogP contribution in [0.2, 0.25) is 0 Å². The number of hydrogen-bond donors (Lipinski definition) is 2. The van der Waals surface area contributed by atoms with E-state index in [0.29, 0.717) is 17.0 Å². The van der Waals surface area contributed by atoms with Crippen LogP contribution in [0.1, 0.15) is 23.0 Å². The van der Waals surface area contributed by atoms with Gasteiger partial charge in [0.25, 0.3) is 11.6 Å². The molecular formula is C18H14BrN5O3. The van der Waals surface area contributed by atoms with Gasteiger partial charge in [-0.25, -0.2) is 5.43 Å². The lowest BCUT2D eigenvalue weighted by Gasteiger charge is -2.02. The predicted molar refractivity (Wildman–Crippen MR) is 104 cm³/mol. The van der Waals surface area contributed by atoms with Crippen molar-refractivity contribution < 1.29 is 9.72 Å². The van der Waals surface area contributed by atoms with Gasteiger partial charge in [-0.3, -0.25) is 20.0 Å². The number of nitrogens with one attached hydrogen (secondary N) is 2. The van der Waals surface area contributed by atoms with E-state index in [4.69, 9.17) is 0 Å². The summed E-state index contributed by atoms with van der Waals surface area (Å²) in [5.41, 5.74) is 5.12. The zero-order chi connectivity index (χ0) is 19.4. The van der Waals surface area contributed by atoms with Crippen LogP contribution in [-0.4, -0.2) is 26.7 Å². The number of non-ortho nitro benzene ring substituents is 1. The molecule has 0 unspecified atom stereocenters. The molecule has 0 aliphatic carbocycles. The Morgan fingerprint density at radius 1 is 1.22 bits per heavy atom. The van der Waals surface area contributed by atoms with Gasteiger partial charge in [0.15, 0.2) is 0 Å². The highest BCUT2D eigenvalue weighted by molar-refractivity contribution is 9.10. The summed E-state index contributed by atoms with van der Waals surface area (Å²) >= 11 is 3.37. The SMILES string of the molecule is C/C(=N\NC(=O)c1cc(-c2ccc(Br)cc2)n[nH]1)c1cccc([N+](=O)[O-])c1. The molecule has 2 aromatic carbocycles. The van der Waals surface area contributed by atoms with Gasteiger partial charge in [0.2, 0.25) is 0 Å². The van der Waals surface area contributed by atoms with E-state index in [0.717, 1.165) is 10.0 Å². The minimum absolute atomic E-state index is 0.0407. The van der Waals surface area contributed by atoms with Gasteiger partial charge < -0.3 is 0 Å². The van der Waals surface area contributed by atoms with Crippen LogP contribution in [0.15, 0.2) is 64.2 Å². The molecule has 1 heterocycles. The van der Waals surface area contributed by atoms with Gasteiger partial charge in [0.1, 0.15) is 5.69 Å². The molecule has 27 heavy (non-hydrogen) atoms. The lowest BCUT2D eigenvalue weighted by molar-refractivity contribution is -0.384. The van der Waals surface area contributed by atoms with Crippen molar-refractivity contribution in [2.75, 3.05) is 0 Å². The third-order valence-corrected chi connectivity index (χ3v) is 4.29. The number of H-pyrrole nitrogens is 1. The summed E-state index contributed by atoms with van der Waals surface area (Å²) in [6.45, 7) is 1.65. The largest absolute Gasteiger partial charge is 0.289 e. The molecule has 9 heteroatoms. The van der Waals surface area contributed by atoms with Crippen molar-refractivity contribution in [3.05, 3.63) is 80.4 Å². The van der Waals surface area contributed by atoms with Gasteiger partial charge in [-0.05, 0) is 25.1 Å². The molecule has 0 aliphatic rings. The second-order valence-corrected chi connectivity index (χ2v) is 6.54. The Morgan fingerprint density at radius 2 is 1.96 bits per heavy atom. The lowest BCUT2D eigenvalue weighted by Crippen LogP contribution is -2.19. The number of aromatic nitrogens is 2. The van der Waals surface area contributed by atoms with E-state index in [-0.39, 0.29) is 11.4 Å². The van der Waals surface area contributed by atoms with E-state index < -0.39 is 10.8 Å². The van der Waals surface area contributed by atoms with Crippen molar-refractivity contribution >= 4 is 33.2 Å². The Labute approximate surface area is 162 Å². The summed E-state index contributed by atoms with van der Waals surface area (Å²) in [4.78, 5) is 22.6. The van der Waals surface area contributed by atoms with Crippen molar-refractivity contribution in [3.63, 3.8) is 0 Å². The summed E-state index contributed by atoms with van der Waals surface area (Å²) in [5, 5.41) is 21.7. The Morgan fingerprint density at radius 3 is 2.67 bits per heavy atom. The number of hydrogen-bond acceptors (Lipinski definition) is 5. The molecular weight excluding hydrogens is 414 g/mol. The standard InChI is InChI=1S/C18H14BrN5O3/c1-11(13-3-2-4-15(9-13)24(26)27)20-23-18(25)17-10-16(21-22-17)12-5-7-14(19)8-6-12/h2-10H,1H3,(H,21,22)(H,23,25)/b20-11+. The van der Waals surface area contributed by atoms with Gasteiger partial charge >= 0.3 is 0 Å². The molecule has 0 atom stereocenters. The molecule has 0 fully saturated rings. The molecule has 1 aromatic heterocycles. The summed E-state index contributed by atoms with van der Waals surface area (Å²) in [5.74, 6) is -0.462. The molecule has 8 nitrogen and oxygen atoms in total. The Kier molecular flexibility index (Phi) is 5.41. The predicted octanol–water partition coefficient (Wildman–Crippen LogP) is 3.90. The fourth-order valence-corrected chi connectivity index (χ4v) is 2.57. The van der Waals surface area contributed by atoms with E-state index >= 15 is 0 Å². The van der Waals surface area contributed by atoms with Crippen LogP contribution < -0.4 is 5.43 Å². The Hall–Kier alpha value is -3.33. The highest BCUT2D eigenvalue weighted by atomic mass is 79.9. The van der Waals surface area contributed by atoms with E-state index in [1.54, 1.807) is 25.1 Å². The molecule has 0 spiro atoms. The van der Waals surface area contributed by atoms with Crippen LogP contribution in [0.5, 0.6) is 0 Å². The summed E-state index contributed by atoms with van der Waals surface area (Å²) in [7, 11) is 0. The van der Waals surface area contributed by atoms with Gasteiger partial charge in [-0.15, -0.1) is 0 Å². The van der Waals surface area contributed by atoms with Crippen molar-refractivity contribution in [1.29, 1.82) is 0 Å². The van der Waals surface area contributed by atoms with Gasteiger partial charge in [-0.2, -0.15) is 10.2 Å². The van der Waals surface area contributed by atoms with Crippen LogP contribution in [0.4, 0.5) is 5.69 Å². The van der Waals surface area contributed by atoms with Gasteiger partial charge in [0, 0.05) is 27.7 Å². The van der Waals surface area contributed by atoms with Crippen LogP contribution in [0, 0.1) is 10.1 Å². The van der Waals surface area contributed by atoms with Crippen molar-refractivity contribution in [2.24, 2.45) is 5.10 Å². The molecule has 1 amide bonds. The summed E-state index contributed by atoms with van der Waals surface area (Å²) < 4.78 is 0.950. The number of hydrazone groups is 1. The van der Waals surface area contributed by atoms with Crippen LogP contribution in [0.25, 0.3) is 11.3 Å². The molecule has 0 saturated heterocycles. The summed E-state index contributed by atoms with van der Waals surface area (Å²) in [6.07, 6.45) is 0. The molecule has 2 N–H and O–H groups in total. The van der Waals surface area contributed by atoms with E-state index in [2.05, 4.69) is 36.7 Å². The molecule has 0 radical (unpaired) electrons. The fraction of sp³-hybridized carbons (Fsp3) is 0.0556. The third-order valence-electron chi connectivity index (χ3n) is 3.76. The second-order valence-electron chi connectivity index (χ2n) is 5.62. The number of carbonyl (C=O) groups excluding carboxylic acids is 1. The molecule has 136 valence electrons. The third kappa shape index (κ3) is 4.45. The normalized spacial score (nSPS) is 11.3. The number of carbonyl (C=O) groups is 1. The number of amides is 1. The van der Waals surface area contributed by atoms with E-state index in [1.165, 1.54) is 12.1 Å². The molecule has 3 aromatic rings. The molecule has 3 rings (SSSR count). The van der Waals surface area contributed by atoms with Crippen molar-refractivity contribution in [1.82, 2.24) is 15.6 Å². The van der Waals surface area contributed by atoms with Gasteiger partial charge in [0.05, 0.1) is 16.3 Å². The maximum atomic E-state index is 12.2. The maximum Gasteiger partial charge on any atom is 0.289 e. The number of halogens is 1. The Balaban J connectivity index is 1.72. The van der Waals surface area contributed by atoms with Crippen molar-refractivity contribution in [2.45, 2.75) is 6.92 Å². The van der Waals surface area contributed by atoms with E-state index in [1.807, 2.05) is 24.3 Å². The first-order chi connectivity index (χ1) is 12.9. The molecule has 0 saturated carbocycles. The van der Waals surface area contributed by atoms with E-state index in [9.17, 15) is 14.9 Å². The number of nitro groups is 1. The van der Waals surface area contributed by atoms with Crippen LogP contribution in [-0.2, 0) is 0 Å². The zero-order valence-corrected chi connectivity index (χ0v) is 15.7. The van der Waals surface area contributed by atoms with Gasteiger partial charge in [-0.1, -0.05) is 40.2 Å². The number of nitro benzene ring substituents is 1. The minimum Gasteiger partial charge on any atom is -0.272 e. The highest BCUT2D eigenvalue weighted by Crippen LogP contribution is 2.20. The number of rotatable bonds is 5. The number of benzene rings is 2.